The Hall–Kier alpha value is -0.903. The Morgan fingerprint density at radius 2 is 2.04 bits per heavy atom. The molecule has 0 aromatic heterocycles. The quantitative estimate of drug-likeness (QED) is 0.239. The van der Waals surface area contributed by atoms with Gasteiger partial charge in [0.15, 0.2) is 14.5 Å². The number of amides is 1. The summed E-state index contributed by atoms with van der Waals surface area (Å²) >= 11 is 0. The Labute approximate surface area is 158 Å². The van der Waals surface area contributed by atoms with E-state index in [1.54, 1.807) is 6.08 Å². The molecule has 152 valence electrons. The lowest BCUT2D eigenvalue weighted by atomic mass is 10.1. The Morgan fingerprint density at radius 3 is 2.54 bits per heavy atom. The second-order valence-electron chi connectivity index (χ2n) is 8.17. The number of carbonyl (C=O) groups is 1. The first-order chi connectivity index (χ1) is 11.8. The van der Waals surface area contributed by atoms with Crippen molar-refractivity contribution in [2.24, 2.45) is 0 Å². The number of cyclic esters (lactones) is 1. The summed E-state index contributed by atoms with van der Waals surface area (Å²) in [7, 11) is -5.51. The molecule has 1 amide bonds. The molecule has 1 aliphatic heterocycles. The zero-order valence-electron chi connectivity index (χ0n) is 16.8. The number of rotatable bonds is 10. The van der Waals surface area contributed by atoms with Crippen LogP contribution in [0.2, 0.25) is 18.1 Å². The van der Waals surface area contributed by atoms with Gasteiger partial charge < -0.3 is 9.16 Å². The molecule has 0 aliphatic carbocycles. The van der Waals surface area contributed by atoms with Gasteiger partial charge in [-0.25, -0.2) is 8.98 Å². The Kier molecular flexibility index (Phi) is 7.88. The maximum Gasteiger partial charge on any atom is 0.412 e. The smallest absolute Gasteiger partial charge is 0.412 e. The van der Waals surface area contributed by atoms with E-state index in [0.717, 1.165) is 12.7 Å². The predicted molar refractivity (Wildman–Crippen MR) is 104 cm³/mol. The zero-order chi connectivity index (χ0) is 20.2. The summed E-state index contributed by atoms with van der Waals surface area (Å²) in [6.07, 6.45) is 3.12. The molecule has 0 bridgehead atoms. The molecule has 0 aromatic rings. The van der Waals surface area contributed by atoms with Gasteiger partial charge in [-0.15, -0.1) is 6.58 Å². The monoisotopic (exact) mass is 407 g/mol. The van der Waals surface area contributed by atoms with Crippen LogP contribution in [0.1, 0.15) is 40.0 Å². The molecule has 0 spiro atoms. The van der Waals surface area contributed by atoms with Crippen molar-refractivity contribution in [1.82, 2.24) is 4.90 Å². The highest BCUT2D eigenvalue weighted by molar-refractivity contribution is 7.86. The van der Waals surface area contributed by atoms with E-state index in [-0.39, 0.29) is 17.7 Å². The van der Waals surface area contributed by atoms with E-state index in [1.807, 2.05) is 0 Å². The number of hydrogen-bond acceptors (Lipinski definition) is 6. The maximum absolute atomic E-state index is 12.1. The third kappa shape index (κ3) is 6.68. The topological polar surface area (TPSA) is 82.1 Å². The minimum atomic E-state index is -3.69. The molecule has 1 unspecified atom stereocenters. The number of ether oxygens (including phenoxy) is 1. The molecule has 9 heteroatoms. The Balaban J connectivity index is 2.70. The molecule has 26 heavy (non-hydrogen) atoms. The van der Waals surface area contributed by atoms with Crippen LogP contribution in [-0.2, 0) is 23.5 Å². The van der Waals surface area contributed by atoms with E-state index in [0.29, 0.717) is 19.4 Å². The standard InChI is InChI=1S/C17H33NO6SSi/c1-8-10-14(11-9-12-23-26(6,7)17(2,3)4)18-15(13-22-16(18)19)24-25(5,20)21/h8,14-15H,1,9-13H2,2-7H3/t14-,15?/m0/s1. The van der Waals surface area contributed by atoms with Gasteiger partial charge >= 0.3 is 6.09 Å². The summed E-state index contributed by atoms with van der Waals surface area (Å²) in [6.45, 7) is 15.2. The second kappa shape index (κ2) is 8.86. The molecule has 7 nitrogen and oxygen atoms in total. The third-order valence-corrected chi connectivity index (χ3v) is 10.0. The highest BCUT2D eigenvalue weighted by atomic mass is 32.2. The maximum atomic E-state index is 12.1. The van der Waals surface area contributed by atoms with E-state index >= 15 is 0 Å². The number of carbonyl (C=O) groups excluding carboxylic acids is 1. The SMILES string of the molecule is C=CC[C@@H](CCCO[Si](C)(C)C(C)(C)C)N1C(=O)OCC1OS(C)(=O)=O. The Bertz CT molecular complexity index is 599. The average molecular weight is 408 g/mol. The average Bonchev–Trinajstić information content (AvgIpc) is 2.80. The zero-order valence-corrected chi connectivity index (χ0v) is 18.6. The fourth-order valence-corrected chi connectivity index (χ4v) is 4.14. The minimum Gasteiger partial charge on any atom is -0.444 e. The van der Waals surface area contributed by atoms with Crippen LogP contribution in [0.4, 0.5) is 4.79 Å². The molecule has 0 N–H and O–H groups in total. The largest absolute Gasteiger partial charge is 0.444 e. The lowest BCUT2D eigenvalue weighted by Crippen LogP contribution is -2.44. The van der Waals surface area contributed by atoms with Crippen molar-refractivity contribution in [3.8, 4) is 0 Å². The summed E-state index contributed by atoms with van der Waals surface area (Å²) in [5, 5.41) is 0.140. The van der Waals surface area contributed by atoms with Crippen molar-refractivity contribution >= 4 is 24.5 Å². The molecule has 1 saturated heterocycles. The first kappa shape index (κ1) is 23.1. The first-order valence-corrected chi connectivity index (χ1v) is 13.6. The van der Waals surface area contributed by atoms with Gasteiger partial charge in [-0.1, -0.05) is 26.8 Å². The van der Waals surface area contributed by atoms with Crippen molar-refractivity contribution < 1.29 is 26.6 Å². The molecule has 0 radical (unpaired) electrons. The molecule has 0 saturated carbocycles. The van der Waals surface area contributed by atoms with Gasteiger partial charge in [0.05, 0.1) is 6.26 Å². The van der Waals surface area contributed by atoms with Gasteiger partial charge in [0, 0.05) is 12.6 Å². The van der Waals surface area contributed by atoms with Crippen molar-refractivity contribution in [2.45, 2.75) is 70.4 Å². The van der Waals surface area contributed by atoms with Crippen LogP contribution in [0.15, 0.2) is 12.7 Å². The summed E-state index contributed by atoms with van der Waals surface area (Å²) in [5.74, 6) is 0. The molecule has 1 rings (SSSR count). The van der Waals surface area contributed by atoms with Crippen molar-refractivity contribution in [3.05, 3.63) is 12.7 Å². The molecular weight excluding hydrogens is 374 g/mol. The van der Waals surface area contributed by atoms with E-state index in [4.69, 9.17) is 13.3 Å². The lowest BCUT2D eigenvalue weighted by molar-refractivity contribution is 0.0580. The van der Waals surface area contributed by atoms with Gasteiger partial charge in [-0.05, 0) is 37.4 Å². The van der Waals surface area contributed by atoms with E-state index in [2.05, 4.69) is 40.4 Å². The Morgan fingerprint density at radius 1 is 1.42 bits per heavy atom. The molecule has 1 aliphatic rings. The number of hydrogen-bond donors (Lipinski definition) is 0. The van der Waals surface area contributed by atoms with Gasteiger partial charge in [-0.2, -0.15) is 8.42 Å². The fraction of sp³-hybridized carbons (Fsp3) is 0.824. The lowest BCUT2D eigenvalue weighted by Gasteiger charge is -2.36. The van der Waals surface area contributed by atoms with Crippen LogP contribution < -0.4 is 0 Å². The van der Waals surface area contributed by atoms with Gasteiger partial charge in [0.1, 0.15) is 6.61 Å². The minimum absolute atomic E-state index is 0.0972. The van der Waals surface area contributed by atoms with Crippen molar-refractivity contribution in [3.63, 3.8) is 0 Å². The second-order valence-corrected chi connectivity index (χ2v) is 14.6. The number of nitrogens with zero attached hydrogens (tertiary/aromatic N) is 1. The van der Waals surface area contributed by atoms with E-state index < -0.39 is 30.8 Å². The van der Waals surface area contributed by atoms with Gasteiger partial charge in [0.25, 0.3) is 10.1 Å². The fourth-order valence-electron chi connectivity index (χ4n) is 2.50. The van der Waals surface area contributed by atoms with E-state index in [1.165, 1.54) is 4.90 Å². The van der Waals surface area contributed by atoms with Crippen molar-refractivity contribution in [1.29, 1.82) is 0 Å². The van der Waals surface area contributed by atoms with Crippen LogP contribution in [0, 0.1) is 0 Å². The van der Waals surface area contributed by atoms with Crippen LogP contribution in [0.25, 0.3) is 0 Å². The summed E-state index contributed by atoms with van der Waals surface area (Å²) in [5.41, 5.74) is 0. The predicted octanol–water partition coefficient (Wildman–Crippen LogP) is 3.49. The van der Waals surface area contributed by atoms with Crippen LogP contribution in [0.3, 0.4) is 0 Å². The first-order valence-electron chi connectivity index (χ1n) is 8.86. The van der Waals surface area contributed by atoms with E-state index in [9.17, 15) is 13.2 Å². The highest BCUT2D eigenvalue weighted by Crippen LogP contribution is 2.36. The summed E-state index contributed by atoms with van der Waals surface area (Å²) in [6, 6.07) is -0.239. The summed E-state index contributed by atoms with van der Waals surface area (Å²) in [4.78, 5) is 13.5. The van der Waals surface area contributed by atoms with Crippen LogP contribution >= 0.6 is 0 Å². The molecular formula is C17H33NO6SSi. The molecule has 2 atom stereocenters. The van der Waals surface area contributed by atoms with Crippen LogP contribution in [0.5, 0.6) is 0 Å². The van der Waals surface area contributed by atoms with Gasteiger partial charge in [-0.3, -0.25) is 4.90 Å². The summed E-state index contributed by atoms with van der Waals surface area (Å²) < 4.78 is 39.0. The van der Waals surface area contributed by atoms with Crippen molar-refractivity contribution in [2.75, 3.05) is 19.5 Å². The third-order valence-electron chi connectivity index (χ3n) is 4.94. The molecule has 1 heterocycles. The molecule has 0 aromatic carbocycles. The normalized spacial score (nSPS) is 20.2. The highest BCUT2D eigenvalue weighted by Gasteiger charge is 2.40. The molecule has 1 fully saturated rings. The van der Waals surface area contributed by atoms with Gasteiger partial charge in [0.2, 0.25) is 0 Å². The van der Waals surface area contributed by atoms with Crippen LogP contribution in [-0.4, -0.2) is 59.5 Å².